The van der Waals surface area contributed by atoms with Crippen LogP contribution in [0.5, 0.6) is 0 Å². The van der Waals surface area contributed by atoms with Crippen LogP contribution in [0.15, 0.2) is 41.2 Å². The van der Waals surface area contributed by atoms with E-state index in [0.29, 0.717) is 18.1 Å². The van der Waals surface area contributed by atoms with Gasteiger partial charge in [0, 0.05) is 30.5 Å². The molecular formula is C18H21N3O3. The van der Waals surface area contributed by atoms with Crippen LogP contribution in [0, 0.1) is 6.92 Å². The Morgan fingerprint density at radius 2 is 2.17 bits per heavy atom. The number of rotatable bonds is 5. The van der Waals surface area contributed by atoms with E-state index in [1.165, 1.54) is 10.6 Å². The molecule has 1 aliphatic heterocycles. The molecule has 1 atom stereocenters. The molecule has 1 aromatic carbocycles. The summed E-state index contributed by atoms with van der Waals surface area (Å²) < 4.78 is 6.90. The molecule has 0 spiro atoms. The highest BCUT2D eigenvalue weighted by Gasteiger charge is 2.17. The van der Waals surface area contributed by atoms with E-state index >= 15 is 0 Å². The molecule has 0 radical (unpaired) electrons. The Morgan fingerprint density at radius 3 is 2.88 bits per heavy atom. The fourth-order valence-corrected chi connectivity index (χ4v) is 2.81. The molecule has 126 valence electrons. The highest BCUT2D eigenvalue weighted by Crippen LogP contribution is 2.15. The maximum atomic E-state index is 12.3. The Balaban J connectivity index is 1.79. The molecule has 1 fully saturated rings. The Kier molecular flexibility index (Phi) is 5.05. The molecular weight excluding hydrogens is 306 g/mol. The van der Waals surface area contributed by atoms with Crippen molar-refractivity contribution in [1.82, 2.24) is 14.9 Å². The summed E-state index contributed by atoms with van der Waals surface area (Å²) in [5.41, 5.74) is 1.22. The SMILES string of the molecule is Cc1cc(=O)n(CC(=O)NC[C@H]2CCCO2)c(-c2ccccc2)n1. The second-order valence-corrected chi connectivity index (χ2v) is 5.95. The monoisotopic (exact) mass is 327 g/mol. The highest BCUT2D eigenvalue weighted by atomic mass is 16.5. The van der Waals surface area contributed by atoms with E-state index in [0.717, 1.165) is 25.0 Å². The molecule has 0 bridgehead atoms. The van der Waals surface area contributed by atoms with Crippen LogP contribution in [0.3, 0.4) is 0 Å². The second kappa shape index (κ2) is 7.40. The molecule has 6 heteroatoms. The maximum Gasteiger partial charge on any atom is 0.254 e. The van der Waals surface area contributed by atoms with Gasteiger partial charge in [0.05, 0.1) is 6.10 Å². The van der Waals surface area contributed by atoms with E-state index in [2.05, 4.69) is 10.3 Å². The van der Waals surface area contributed by atoms with E-state index in [4.69, 9.17) is 4.74 Å². The normalized spacial score (nSPS) is 17.0. The van der Waals surface area contributed by atoms with E-state index in [1.54, 1.807) is 6.92 Å². The molecule has 1 aromatic heterocycles. The van der Waals surface area contributed by atoms with Gasteiger partial charge in [-0.15, -0.1) is 0 Å². The molecule has 0 saturated carbocycles. The number of carbonyl (C=O) groups is 1. The van der Waals surface area contributed by atoms with Gasteiger partial charge in [-0.05, 0) is 19.8 Å². The van der Waals surface area contributed by atoms with E-state index in [1.807, 2.05) is 30.3 Å². The van der Waals surface area contributed by atoms with Gasteiger partial charge in [-0.25, -0.2) is 4.98 Å². The average molecular weight is 327 g/mol. The van der Waals surface area contributed by atoms with E-state index < -0.39 is 0 Å². The Bertz CT molecular complexity index is 765. The van der Waals surface area contributed by atoms with Gasteiger partial charge < -0.3 is 10.1 Å². The van der Waals surface area contributed by atoms with Gasteiger partial charge in [0.15, 0.2) is 0 Å². The zero-order valence-corrected chi connectivity index (χ0v) is 13.7. The fraction of sp³-hybridized carbons (Fsp3) is 0.389. The molecule has 1 amide bonds. The number of amides is 1. The van der Waals surface area contributed by atoms with Gasteiger partial charge in [0.1, 0.15) is 12.4 Å². The number of aromatic nitrogens is 2. The Hall–Kier alpha value is -2.47. The molecule has 1 aliphatic rings. The van der Waals surface area contributed by atoms with Crippen molar-refractivity contribution in [1.29, 1.82) is 0 Å². The first-order valence-electron chi connectivity index (χ1n) is 8.15. The highest BCUT2D eigenvalue weighted by molar-refractivity contribution is 5.76. The van der Waals surface area contributed by atoms with Gasteiger partial charge in [-0.3, -0.25) is 14.2 Å². The summed E-state index contributed by atoms with van der Waals surface area (Å²) in [5.74, 6) is 0.295. The quantitative estimate of drug-likeness (QED) is 0.903. The van der Waals surface area contributed by atoms with Gasteiger partial charge >= 0.3 is 0 Å². The first-order valence-corrected chi connectivity index (χ1v) is 8.15. The van der Waals surface area contributed by atoms with E-state index in [9.17, 15) is 9.59 Å². The summed E-state index contributed by atoms with van der Waals surface area (Å²) in [6.07, 6.45) is 2.07. The third kappa shape index (κ3) is 3.89. The number of benzene rings is 1. The van der Waals surface area contributed by atoms with Crippen LogP contribution in [-0.2, 0) is 16.1 Å². The van der Waals surface area contributed by atoms with Gasteiger partial charge in [-0.2, -0.15) is 0 Å². The van der Waals surface area contributed by atoms with Crippen LogP contribution in [0.4, 0.5) is 0 Å². The lowest BCUT2D eigenvalue weighted by Crippen LogP contribution is -2.37. The van der Waals surface area contributed by atoms with Crippen molar-refractivity contribution in [3.8, 4) is 11.4 Å². The van der Waals surface area contributed by atoms with Crippen LogP contribution in [0.1, 0.15) is 18.5 Å². The molecule has 1 N–H and O–H groups in total. The largest absolute Gasteiger partial charge is 0.376 e. The van der Waals surface area contributed by atoms with Crippen molar-refractivity contribution in [3.05, 3.63) is 52.4 Å². The molecule has 0 aliphatic carbocycles. The third-order valence-corrected chi connectivity index (χ3v) is 4.02. The molecule has 3 rings (SSSR count). The van der Waals surface area contributed by atoms with Gasteiger partial charge in [0.2, 0.25) is 5.91 Å². The molecule has 0 unspecified atom stereocenters. The topological polar surface area (TPSA) is 73.2 Å². The summed E-state index contributed by atoms with van der Waals surface area (Å²) in [5, 5.41) is 2.84. The van der Waals surface area contributed by atoms with Gasteiger partial charge in [-0.1, -0.05) is 30.3 Å². The van der Waals surface area contributed by atoms with Crippen molar-refractivity contribution in [3.63, 3.8) is 0 Å². The maximum absolute atomic E-state index is 12.3. The van der Waals surface area contributed by atoms with Crippen molar-refractivity contribution in [2.75, 3.05) is 13.2 Å². The van der Waals surface area contributed by atoms with Crippen LogP contribution >= 0.6 is 0 Å². The number of nitrogens with zero attached hydrogens (tertiary/aromatic N) is 2. The number of hydrogen-bond donors (Lipinski definition) is 1. The lowest BCUT2D eigenvalue weighted by molar-refractivity contribution is -0.122. The van der Waals surface area contributed by atoms with Crippen LogP contribution in [0.25, 0.3) is 11.4 Å². The number of hydrogen-bond acceptors (Lipinski definition) is 4. The molecule has 2 heterocycles. The number of aryl methyl sites for hydroxylation is 1. The van der Waals surface area contributed by atoms with Crippen molar-refractivity contribution in [2.24, 2.45) is 0 Å². The van der Waals surface area contributed by atoms with Crippen LogP contribution < -0.4 is 10.9 Å². The Morgan fingerprint density at radius 1 is 1.38 bits per heavy atom. The number of nitrogens with one attached hydrogen (secondary N) is 1. The smallest absolute Gasteiger partial charge is 0.254 e. The third-order valence-electron chi connectivity index (χ3n) is 4.02. The lowest BCUT2D eigenvalue weighted by Gasteiger charge is -2.14. The predicted molar refractivity (Wildman–Crippen MR) is 90.7 cm³/mol. The zero-order chi connectivity index (χ0) is 16.9. The average Bonchev–Trinajstić information content (AvgIpc) is 3.09. The second-order valence-electron chi connectivity index (χ2n) is 5.95. The number of carbonyl (C=O) groups excluding carboxylic acids is 1. The van der Waals surface area contributed by atoms with Gasteiger partial charge in [0.25, 0.3) is 5.56 Å². The molecule has 24 heavy (non-hydrogen) atoms. The summed E-state index contributed by atoms with van der Waals surface area (Å²) in [7, 11) is 0. The minimum absolute atomic E-state index is 0.0525. The first-order chi connectivity index (χ1) is 11.6. The molecule has 1 saturated heterocycles. The van der Waals surface area contributed by atoms with Crippen molar-refractivity contribution >= 4 is 5.91 Å². The van der Waals surface area contributed by atoms with Crippen molar-refractivity contribution in [2.45, 2.75) is 32.4 Å². The fourth-order valence-electron chi connectivity index (χ4n) is 2.81. The Labute approximate surface area is 140 Å². The summed E-state index contributed by atoms with van der Waals surface area (Å²) in [6, 6.07) is 10.9. The zero-order valence-electron chi connectivity index (χ0n) is 13.7. The predicted octanol–water partition coefficient (Wildman–Crippen LogP) is 1.51. The van der Waals surface area contributed by atoms with Crippen LogP contribution in [-0.4, -0.2) is 34.7 Å². The van der Waals surface area contributed by atoms with Crippen LogP contribution in [0.2, 0.25) is 0 Å². The number of ether oxygens (including phenoxy) is 1. The summed E-state index contributed by atoms with van der Waals surface area (Å²) in [6.45, 7) is 2.95. The first kappa shape index (κ1) is 16.4. The summed E-state index contributed by atoms with van der Waals surface area (Å²) in [4.78, 5) is 29.0. The standard InChI is InChI=1S/C18H21N3O3/c1-13-10-17(23)21(18(20-13)14-6-3-2-4-7-14)12-16(22)19-11-15-8-5-9-24-15/h2-4,6-7,10,15H,5,8-9,11-12H2,1H3,(H,19,22)/t15-/m1/s1. The minimum atomic E-state index is -0.228. The minimum Gasteiger partial charge on any atom is -0.376 e. The van der Waals surface area contributed by atoms with E-state index in [-0.39, 0.29) is 24.1 Å². The molecule has 2 aromatic rings. The molecule has 6 nitrogen and oxygen atoms in total. The lowest BCUT2D eigenvalue weighted by atomic mass is 10.2. The summed E-state index contributed by atoms with van der Waals surface area (Å²) >= 11 is 0. The van der Waals surface area contributed by atoms with Crippen molar-refractivity contribution < 1.29 is 9.53 Å².